The van der Waals surface area contributed by atoms with Gasteiger partial charge in [-0.1, -0.05) is 5.92 Å². The molecule has 1 aromatic rings. The largest absolute Gasteiger partial charge is 0.497 e. The van der Waals surface area contributed by atoms with Crippen molar-refractivity contribution in [2.24, 2.45) is 0 Å². The lowest BCUT2D eigenvalue weighted by atomic mass is 10.3. The van der Waals surface area contributed by atoms with Crippen LogP contribution in [0.4, 0.5) is 0 Å². The molecule has 3 heteroatoms. The number of hydrogen-bond acceptors (Lipinski definition) is 2. The maximum atomic E-state index is 5.30. The van der Waals surface area contributed by atoms with Crippen LogP contribution in [0.3, 0.4) is 0 Å². The van der Waals surface area contributed by atoms with Crippen LogP contribution in [0, 0.1) is 15.9 Å². The molecule has 0 aliphatic rings. The number of terminal acetylenes is 1. The van der Waals surface area contributed by atoms with Crippen LogP contribution in [0.15, 0.2) is 18.2 Å². The second-order valence-corrected chi connectivity index (χ2v) is 3.45. The number of methoxy groups -OCH3 is 1. The van der Waals surface area contributed by atoms with E-state index in [9.17, 15) is 0 Å². The summed E-state index contributed by atoms with van der Waals surface area (Å²) in [6.45, 7) is 0.281. The molecule has 0 atom stereocenters. The fraction of sp³-hybridized carbons (Fsp3) is 0.200. The average molecular weight is 288 g/mol. The zero-order valence-electron chi connectivity index (χ0n) is 7.21. The number of ether oxygens (including phenoxy) is 2. The number of hydrogen-bond donors (Lipinski definition) is 0. The Morgan fingerprint density at radius 2 is 2.31 bits per heavy atom. The van der Waals surface area contributed by atoms with Gasteiger partial charge in [-0.05, 0) is 34.7 Å². The van der Waals surface area contributed by atoms with Crippen LogP contribution in [0.25, 0.3) is 0 Å². The highest BCUT2D eigenvalue weighted by atomic mass is 127. The van der Waals surface area contributed by atoms with E-state index in [4.69, 9.17) is 15.9 Å². The lowest BCUT2D eigenvalue weighted by Gasteiger charge is -2.06. The Kier molecular flexibility index (Phi) is 3.90. The van der Waals surface area contributed by atoms with Crippen LogP contribution in [0.1, 0.15) is 0 Å². The van der Waals surface area contributed by atoms with Crippen LogP contribution < -0.4 is 9.47 Å². The molecule has 13 heavy (non-hydrogen) atoms. The predicted molar refractivity (Wildman–Crippen MR) is 60.0 cm³/mol. The molecule has 0 unspecified atom stereocenters. The third-order valence-electron chi connectivity index (χ3n) is 1.45. The third kappa shape index (κ3) is 2.81. The zero-order valence-corrected chi connectivity index (χ0v) is 9.37. The fourth-order valence-electron chi connectivity index (χ4n) is 0.841. The van der Waals surface area contributed by atoms with Gasteiger partial charge in [0.05, 0.1) is 10.7 Å². The standard InChI is InChI=1S/C10H9IO2/c1-3-6-13-10-7-8(12-2)4-5-9(10)11/h1,4-5,7H,6H2,2H3. The summed E-state index contributed by atoms with van der Waals surface area (Å²) in [5.41, 5.74) is 0. The van der Waals surface area contributed by atoms with E-state index >= 15 is 0 Å². The number of halogens is 1. The van der Waals surface area contributed by atoms with Crippen LogP contribution in [-0.4, -0.2) is 13.7 Å². The van der Waals surface area contributed by atoms with Gasteiger partial charge in [-0.3, -0.25) is 0 Å². The maximum Gasteiger partial charge on any atom is 0.148 e. The Hall–Kier alpha value is -0.890. The first kappa shape index (κ1) is 10.2. The highest BCUT2D eigenvalue weighted by Gasteiger charge is 2.01. The molecule has 1 aromatic carbocycles. The average Bonchev–Trinajstić information content (AvgIpc) is 2.17. The minimum atomic E-state index is 0.281. The fourth-order valence-corrected chi connectivity index (χ4v) is 1.33. The quantitative estimate of drug-likeness (QED) is 0.627. The smallest absolute Gasteiger partial charge is 0.148 e. The molecule has 68 valence electrons. The van der Waals surface area contributed by atoms with E-state index in [-0.39, 0.29) is 6.61 Å². The summed E-state index contributed by atoms with van der Waals surface area (Å²) in [6.07, 6.45) is 5.09. The molecule has 2 nitrogen and oxygen atoms in total. The summed E-state index contributed by atoms with van der Waals surface area (Å²) in [4.78, 5) is 0. The number of benzene rings is 1. The molecule has 0 N–H and O–H groups in total. The summed E-state index contributed by atoms with van der Waals surface area (Å²) < 4.78 is 11.4. The van der Waals surface area contributed by atoms with Gasteiger partial charge < -0.3 is 9.47 Å². The Labute approximate surface area is 91.4 Å². The maximum absolute atomic E-state index is 5.30. The van der Waals surface area contributed by atoms with Gasteiger partial charge in [-0.2, -0.15) is 0 Å². The van der Waals surface area contributed by atoms with Crippen molar-refractivity contribution < 1.29 is 9.47 Å². The number of rotatable bonds is 3. The van der Waals surface area contributed by atoms with Crippen molar-refractivity contribution in [2.75, 3.05) is 13.7 Å². The van der Waals surface area contributed by atoms with Gasteiger partial charge in [0, 0.05) is 6.07 Å². The van der Waals surface area contributed by atoms with E-state index in [1.807, 2.05) is 18.2 Å². The van der Waals surface area contributed by atoms with Gasteiger partial charge in [0.15, 0.2) is 0 Å². The molecule has 0 radical (unpaired) electrons. The van der Waals surface area contributed by atoms with Crippen LogP contribution in [0.2, 0.25) is 0 Å². The van der Waals surface area contributed by atoms with E-state index in [2.05, 4.69) is 28.5 Å². The van der Waals surface area contributed by atoms with E-state index in [0.29, 0.717) is 0 Å². The van der Waals surface area contributed by atoms with E-state index in [1.165, 1.54) is 0 Å². The zero-order chi connectivity index (χ0) is 9.68. The molecule has 0 saturated carbocycles. The van der Waals surface area contributed by atoms with Gasteiger partial charge in [-0.25, -0.2) is 0 Å². The van der Waals surface area contributed by atoms with Crippen molar-refractivity contribution in [1.82, 2.24) is 0 Å². The second-order valence-electron chi connectivity index (χ2n) is 2.29. The monoisotopic (exact) mass is 288 g/mol. The minimum absolute atomic E-state index is 0.281. The van der Waals surface area contributed by atoms with Gasteiger partial charge >= 0.3 is 0 Å². The van der Waals surface area contributed by atoms with Crippen molar-refractivity contribution in [3.05, 3.63) is 21.8 Å². The van der Waals surface area contributed by atoms with E-state index in [0.717, 1.165) is 15.1 Å². The first-order valence-electron chi connectivity index (χ1n) is 3.67. The molecule has 0 fully saturated rings. The van der Waals surface area contributed by atoms with Crippen LogP contribution in [-0.2, 0) is 0 Å². The van der Waals surface area contributed by atoms with Crippen molar-refractivity contribution >= 4 is 22.6 Å². The molecule has 0 aromatic heterocycles. The molecule has 1 rings (SSSR count). The Bertz CT molecular complexity index is 328. The minimum Gasteiger partial charge on any atom is -0.497 e. The van der Waals surface area contributed by atoms with Crippen molar-refractivity contribution in [1.29, 1.82) is 0 Å². The SMILES string of the molecule is C#CCOc1cc(OC)ccc1I. The van der Waals surface area contributed by atoms with Crippen molar-refractivity contribution in [3.8, 4) is 23.8 Å². The third-order valence-corrected chi connectivity index (χ3v) is 2.34. The summed E-state index contributed by atoms with van der Waals surface area (Å²) >= 11 is 2.18. The molecular formula is C10H9IO2. The lowest BCUT2D eigenvalue weighted by Crippen LogP contribution is -1.96. The summed E-state index contributed by atoms with van der Waals surface area (Å²) in [5.74, 6) is 3.95. The highest BCUT2D eigenvalue weighted by Crippen LogP contribution is 2.25. The first-order valence-corrected chi connectivity index (χ1v) is 4.75. The molecule has 0 aliphatic carbocycles. The molecule has 0 heterocycles. The van der Waals surface area contributed by atoms with Gasteiger partial charge in [0.1, 0.15) is 18.1 Å². The summed E-state index contributed by atoms with van der Waals surface area (Å²) in [5, 5.41) is 0. The first-order chi connectivity index (χ1) is 6.27. The molecule has 0 aliphatic heterocycles. The normalized spacial score (nSPS) is 9.00. The molecule has 0 amide bonds. The van der Waals surface area contributed by atoms with Crippen LogP contribution in [0.5, 0.6) is 11.5 Å². The van der Waals surface area contributed by atoms with Crippen molar-refractivity contribution in [3.63, 3.8) is 0 Å². The predicted octanol–water partition coefficient (Wildman–Crippen LogP) is 2.31. The van der Waals surface area contributed by atoms with Crippen LogP contribution >= 0.6 is 22.6 Å². The van der Waals surface area contributed by atoms with Gasteiger partial charge in [0.25, 0.3) is 0 Å². The second kappa shape index (κ2) is 4.97. The van der Waals surface area contributed by atoms with Crippen molar-refractivity contribution in [2.45, 2.75) is 0 Å². The highest BCUT2D eigenvalue weighted by molar-refractivity contribution is 14.1. The van der Waals surface area contributed by atoms with Gasteiger partial charge in [0.2, 0.25) is 0 Å². The molecule has 0 spiro atoms. The Morgan fingerprint density at radius 3 is 2.92 bits per heavy atom. The summed E-state index contributed by atoms with van der Waals surface area (Å²) in [7, 11) is 1.62. The lowest BCUT2D eigenvalue weighted by molar-refractivity contribution is 0.361. The summed E-state index contributed by atoms with van der Waals surface area (Å²) in [6, 6.07) is 5.62. The molecule has 0 bridgehead atoms. The molecular weight excluding hydrogens is 279 g/mol. The van der Waals surface area contributed by atoms with E-state index < -0.39 is 0 Å². The Balaban J connectivity index is 2.85. The Morgan fingerprint density at radius 1 is 1.54 bits per heavy atom. The topological polar surface area (TPSA) is 18.5 Å². The van der Waals surface area contributed by atoms with E-state index in [1.54, 1.807) is 7.11 Å². The molecule has 0 saturated heterocycles. The van der Waals surface area contributed by atoms with Gasteiger partial charge in [-0.15, -0.1) is 6.42 Å².